The first-order valence-electron chi connectivity index (χ1n) is 21.0. The summed E-state index contributed by atoms with van der Waals surface area (Å²) in [7, 11) is 0. The standard InChI is InChI=1S/C42H84O2/c1-3-5-7-9-11-13-15-16-17-18-19-20-21-22-23-24-25-26-27-28-29-30-31-32-34-36-38-40-42(43)44-41-39-37-35-33-14-12-10-8-6-4-2/h3-41H2,1-2H3. The molecule has 0 radical (unpaired) electrons. The molecular formula is C42H84O2. The number of carbonyl (C=O) groups excluding carboxylic acids is 1. The molecule has 0 fully saturated rings. The van der Waals surface area contributed by atoms with E-state index in [-0.39, 0.29) is 5.97 Å². The maximum absolute atomic E-state index is 11.9. The largest absolute Gasteiger partial charge is 0.466 e. The summed E-state index contributed by atoms with van der Waals surface area (Å²) < 4.78 is 5.43. The molecule has 0 aromatic carbocycles. The third-order valence-corrected chi connectivity index (χ3v) is 9.75. The van der Waals surface area contributed by atoms with Crippen molar-refractivity contribution in [3.8, 4) is 0 Å². The van der Waals surface area contributed by atoms with Crippen LogP contribution in [0.2, 0.25) is 0 Å². The van der Waals surface area contributed by atoms with Crippen molar-refractivity contribution in [2.75, 3.05) is 6.61 Å². The molecule has 0 aromatic rings. The molecule has 0 rings (SSSR count). The Bertz CT molecular complexity index is 516. The van der Waals surface area contributed by atoms with Crippen LogP contribution in [0.15, 0.2) is 0 Å². The predicted octanol–water partition coefficient (Wildman–Crippen LogP) is 15.4. The second-order valence-corrected chi connectivity index (χ2v) is 14.3. The van der Waals surface area contributed by atoms with E-state index in [1.807, 2.05) is 0 Å². The first kappa shape index (κ1) is 43.5. The molecule has 264 valence electrons. The zero-order chi connectivity index (χ0) is 31.9. The van der Waals surface area contributed by atoms with Crippen molar-refractivity contribution >= 4 is 5.97 Å². The van der Waals surface area contributed by atoms with Gasteiger partial charge < -0.3 is 4.74 Å². The van der Waals surface area contributed by atoms with Gasteiger partial charge in [-0.15, -0.1) is 0 Å². The highest BCUT2D eigenvalue weighted by atomic mass is 16.5. The van der Waals surface area contributed by atoms with Gasteiger partial charge in [0.05, 0.1) is 6.61 Å². The van der Waals surface area contributed by atoms with Crippen LogP contribution in [-0.2, 0) is 9.53 Å². The first-order chi connectivity index (χ1) is 21.8. The van der Waals surface area contributed by atoms with Crippen LogP contribution in [0.4, 0.5) is 0 Å². The minimum Gasteiger partial charge on any atom is -0.466 e. The van der Waals surface area contributed by atoms with E-state index in [2.05, 4.69) is 13.8 Å². The molecule has 0 amide bonds. The van der Waals surface area contributed by atoms with Crippen LogP contribution in [0.3, 0.4) is 0 Å². The fraction of sp³-hybridized carbons (Fsp3) is 0.976. The summed E-state index contributed by atoms with van der Waals surface area (Å²) in [6.45, 7) is 5.21. The molecule has 0 atom stereocenters. The number of carbonyl (C=O) groups is 1. The van der Waals surface area contributed by atoms with Gasteiger partial charge >= 0.3 is 5.97 Å². The van der Waals surface area contributed by atoms with Crippen LogP contribution in [0.1, 0.15) is 258 Å². The zero-order valence-corrected chi connectivity index (χ0v) is 30.9. The van der Waals surface area contributed by atoms with Crippen molar-refractivity contribution in [2.24, 2.45) is 0 Å². The van der Waals surface area contributed by atoms with Gasteiger partial charge in [0.2, 0.25) is 0 Å². The Labute approximate surface area is 279 Å². The summed E-state index contributed by atoms with van der Waals surface area (Å²) in [4.78, 5) is 11.9. The molecule has 0 N–H and O–H groups in total. The van der Waals surface area contributed by atoms with Gasteiger partial charge in [-0.3, -0.25) is 4.79 Å². The summed E-state index contributed by atoms with van der Waals surface area (Å²) in [5.74, 6) is 0.0283. The van der Waals surface area contributed by atoms with Crippen LogP contribution in [0.25, 0.3) is 0 Å². The van der Waals surface area contributed by atoms with Gasteiger partial charge in [0.25, 0.3) is 0 Å². The average molecular weight is 621 g/mol. The lowest BCUT2D eigenvalue weighted by Crippen LogP contribution is -2.05. The number of rotatable bonds is 39. The third-order valence-electron chi connectivity index (χ3n) is 9.75. The van der Waals surface area contributed by atoms with Crippen LogP contribution in [0, 0.1) is 0 Å². The molecule has 0 spiro atoms. The van der Waals surface area contributed by atoms with E-state index in [4.69, 9.17) is 4.74 Å². The second kappa shape index (κ2) is 40.5. The van der Waals surface area contributed by atoms with Gasteiger partial charge in [-0.25, -0.2) is 0 Å². The summed E-state index contributed by atoms with van der Waals surface area (Å²) in [5, 5.41) is 0. The SMILES string of the molecule is CCCCCCCCCCCCCCCCCCCCCCCCCCCCCC(=O)OCCCCCCCCCCCC. The molecule has 0 aliphatic heterocycles. The average Bonchev–Trinajstić information content (AvgIpc) is 3.03. The van der Waals surface area contributed by atoms with E-state index in [1.165, 1.54) is 225 Å². The van der Waals surface area contributed by atoms with Gasteiger partial charge in [-0.2, -0.15) is 0 Å². The topological polar surface area (TPSA) is 26.3 Å². The molecule has 0 saturated carbocycles. The summed E-state index contributed by atoms with van der Waals surface area (Å²) in [6, 6.07) is 0. The van der Waals surface area contributed by atoms with E-state index in [1.54, 1.807) is 0 Å². The zero-order valence-electron chi connectivity index (χ0n) is 30.9. The van der Waals surface area contributed by atoms with Crippen molar-refractivity contribution in [1.29, 1.82) is 0 Å². The lowest BCUT2D eigenvalue weighted by atomic mass is 10.0. The molecule has 0 unspecified atom stereocenters. The Morgan fingerprint density at radius 1 is 0.295 bits per heavy atom. The quantitative estimate of drug-likeness (QED) is 0.0505. The Kier molecular flexibility index (Phi) is 40.0. The molecule has 2 heteroatoms. The molecule has 0 bridgehead atoms. The van der Waals surface area contributed by atoms with Crippen LogP contribution in [0.5, 0.6) is 0 Å². The summed E-state index contributed by atoms with van der Waals surface area (Å²) in [5.41, 5.74) is 0. The molecule has 2 nitrogen and oxygen atoms in total. The van der Waals surface area contributed by atoms with Crippen LogP contribution < -0.4 is 0 Å². The normalized spacial score (nSPS) is 11.4. The van der Waals surface area contributed by atoms with Gasteiger partial charge in [0, 0.05) is 6.42 Å². The fourth-order valence-electron chi connectivity index (χ4n) is 6.61. The van der Waals surface area contributed by atoms with E-state index >= 15 is 0 Å². The number of esters is 1. The molecule has 0 aromatic heterocycles. The number of hydrogen-bond acceptors (Lipinski definition) is 2. The van der Waals surface area contributed by atoms with Crippen molar-refractivity contribution in [2.45, 2.75) is 258 Å². The molecule has 44 heavy (non-hydrogen) atoms. The molecular weight excluding hydrogens is 536 g/mol. The maximum atomic E-state index is 11.9. The highest BCUT2D eigenvalue weighted by molar-refractivity contribution is 5.69. The Hall–Kier alpha value is -0.530. The second-order valence-electron chi connectivity index (χ2n) is 14.3. The summed E-state index contributed by atoms with van der Waals surface area (Å²) in [6.07, 6.45) is 52.1. The minimum absolute atomic E-state index is 0.0283. The number of ether oxygens (including phenoxy) is 1. The van der Waals surface area contributed by atoms with E-state index in [0.717, 1.165) is 12.8 Å². The van der Waals surface area contributed by atoms with Gasteiger partial charge in [-0.05, 0) is 12.8 Å². The molecule has 0 heterocycles. The number of hydrogen-bond donors (Lipinski definition) is 0. The Morgan fingerprint density at radius 3 is 0.750 bits per heavy atom. The monoisotopic (exact) mass is 621 g/mol. The lowest BCUT2D eigenvalue weighted by molar-refractivity contribution is -0.143. The molecule has 0 aliphatic carbocycles. The van der Waals surface area contributed by atoms with Gasteiger partial charge in [-0.1, -0.05) is 239 Å². The maximum Gasteiger partial charge on any atom is 0.305 e. The van der Waals surface area contributed by atoms with Crippen molar-refractivity contribution in [3.05, 3.63) is 0 Å². The fourth-order valence-corrected chi connectivity index (χ4v) is 6.61. The third kappa shape index (κ3) is 39.5. The predicted molar refractivity (Wildman–Crippen MR) is 198 cm³/mol. The summed E-state index contributed by atoms with van der Waals surface area (Å²) >= 11 is 0. The van der Waals surface area contributed by atoms with Crippen LogP contribution in [-0.4, -0.2) is 12.6 Å². The van der Waals surface area contributed by atoms with Crippen molar-refractivity contribution in [3.63, 3.8) is 0 Å². The smallest absolute Gasteiger partial charge is 0.305 e. The first-order valence-corrected chi connectivity index (χ1v) is 21.0. The molecule has 0 aliphatic rings. The highest BCUT2D eigenvalue weighted by Gasteiger charge is 2.03. The van der Waals surface area contributed by atoms with Gasteiger partial charge in [0.1, 0.15) is 0 Å². The van der Waals surface area contributed by atoms with Crippen LogP contribution >= 0.6 is 0 Å². The van der Waals surface area contributed by atoms with E-state index in [9.17, 15) is 4.79 Å². The van der Waals surface area contributed by atoms with Crippen molar-refractivity contribution in [1.82, 2.24) is 0 Å². The number of unbranched alkanes of at least 4 members (excludes halogenated alkanes) is 35. The Morgan fingerprint density at radius 2 is 0.500 bits per heavy atom. The molecule has 0 saturated heterocycles. The lowest BCUT2D eigenvalue weighted by Gasteiger charge is -2.06. The minimum atomic E-state index is 0.0283. The van der Waals surface area contributed by atoms with E-state index < -0.39 is 0 Å². The van der Waals surface area contributed by atoms with E-state index in [0.29, 0.717) is 13.0 Å². The Balaban J connectivity index is 3.12. The van der Waals surface area contributed by atoms with Crippen molar-refractivity contribution < 1.29 is 9.53 Å². The van der Waals surface area contributed by atoms with Gasteiger partial charge in [0.15, 0.2) is 0 Å². The highest BCUT2D eigenvalue weighted by Crippen LogP contribution is 2.16.